The van der Waals surface area contributed by atoms with Crippen LogP contribution in [0.3, 0.4) is 0 Å². The SMILES string of the molecule is COC1=NC=C2C=C(C(N)=O)CN=C2N1c1cc(C(=O)NC2(c3ccccc3)CCNCC2)ccc1Cl. The van der Waals surface area contributed by atoms with Crippen LogP contribution in [0.5, 0.6) is 0 Å². The number of hydrogen-bond donors (Lipinski definition) is 3. The highest BCUT2D eigenvalue weighted by atomic mass is 35.5. The maximum atomic E-state index is 13.6. The number of carbonyl (C=O) groups excluding carboxylic acids is 2. The summed E-state index contributed by atoms with van der Waals surface area (Å²) in [5.74, 6) is -0.261. The first-order valence-corrected chi connectivity index (χ1v) is 12.4. The minimum absolute atomic E-state index is 0.112. The Morgan fingerprint density at radius 2 is 1.92 bits per heavy atom. The highest BCUT2D eigenvalue weighted by Crippen LogP contribution is 2.34. The number of nitrogens with zero attached hydrogens (tertiary/aromatic N) is 3. The van der Waals surface area contributed by atoms with Crippen LogP contribution in [0.25, 0.3) is 0 Å². The van der Waals surface area contributed by atoms with Crippen LogP contribution < -0.4 is 21.3 Å². The van der Waals surface area contributed by atoms with Gasteiger partial charge in [-0.1, -0.05) is 41.9 Å². The lowest BCUT2D eigenvalue weighted by Gasteiger charge is -2.39. The molecule has 0 bridgehead atoms. The van der Waals surface area contributed by atoms with Gasteiger partial charge < -0.3 is 21.1 Å². The molecule has 37 heavy (non-hydrogen) atoms. The van der Waals surface area contributed by atoms with Crippen LogP contribution in [-0.4, -0.2) is 50.4 Å². The van der Waals surface area contributed by atoms with Gasteiger partial charge in [-0.2, -0.15) is 0 Å². The summed E-state index contributed by atoms with van der Waals surface area (Å²) in [4.78, 5) is 35.9. The molecule has 3 aliphatic heterocycles. The van der Waals surface area contributed by atoms with E-state index in [4.69, 9.17) is 22.1 Å². The lowest BCUT2D eigenvalue weighted by Crippen LogP contribution is -2.52. The van der Waals surface area contributed by atoms with Crippen LogP contribution in [0.15, 0.2) is 81.9 Å². The van der Waals surface area contributed by atoms with Crippen LogP contribution in [-0.2, 0) is 15.1 Å². The third-order valence-electron chi connectivity index (χ3n) is 6.79. The molecule has 9 nitrogen and oxygen atoms in total. The minimum atomic E-state index is -0.543. The summed E-state index contributed by atoms with van der Waals surface area (Å²) in [7, 11) is 1.49. The molecule has 0 aliphatic carbocycles. The first kappa shape index (κ1) is 24.7. The zero-order valence-electron chi connectivity index (χ0n) is 20.3. The Bertz CT molecular complexity index is 1360. The normalized spacial score (nSPS) is 18.5. The number of anilines is 1. The number of carbonyl (C=O) groups is 2. The summed E-state index contributed by atoms with van der Waals surface area (Å²) in [6, 6.07) is 15.3. The van der Waals surface area contributed by atoms with Gasteiger partial charge in [-0.3, -0.25) is 14.6 Å². The van der Waals surface area contributed by atoms with Crippen molar-refractivity contribution in [2.45, 2.75) is 18.4 Å². The second-order valence-electron chi connectivity index (χ2n) is 9.03. The van der Waals surface area contributed by atoms with Crippen LogP contribution in [0.2, 0.25) is 5.02 Å². The van der Waals surface area contributed by atoms with E-state index in [1.54, 1.807) is 35.4 Å². The number of amidine groups is 2. The molecular formula is C27H27ClN6O3. The number of methoxy groups -OCH3 is 1. The molecule has 3 heterocycles. The second kappa shape index (κ2) is 10.2. The van der Waals surface area contributed by atoms with Crippen molar-refractivity contribution >= 4 is 41.0 Å². The van der Waals surface area contributed by atoms with Gasteiger partial charge in [0.05, 0.1) is 29.9 Å². The molecule has 0 aromatic heterocycles. The van der Waals surface area contributed by atoms with Gasteiger partial charge in [0.2, 0.25) is 5.91 Å². The van der Waals surface area contributed by atoms with Gasteiger partial charge in [0.1, 0.15) is 5.84 Å². The van der Waals surface area contributed by atoms with E-state index < -0.39 is 11.4 Å². The molecule has 2 aromatic carbocycles. The molecular weight excluding hydrogens is 492 g/mol. The lowest BCUT2D eigenvalue weighted by molar-refractivity contribution is -0.114. The summed E-state index contributed by atoms with van der Waals surface area (Å²) in [6.45, 7) is 1.72. The molecule has 0 spiro atoms. The summed E-state index contributed by atoms with van der Waals surface area (Å²) in [5, 5.41) is 7.07. The first-order chi connectivity index (χ1) is 17.9. The van der Waals surface area contributed by atoms with Crippen molar-refractivity contribution in [2.75, 3.05) is 31.6 Å². The molecule has 0 atom stereocenters. The number of dihydropyridines is 1. The summed E-state index contributed by atoms with van der Waals surface area (Å²) < 4.78 is 5.50. The number of benzene rings is 2. The quantitative estimate of drug-likeness (QED) is 0.562. The summed E-state index contributed by atoms with van der Waals surface area (Å²) in [5.41, 5.74) is 7.92. The average Bonchev–Trinajstić information content (AvgIpc) is 2.93. The fourth-order valence-corrected chi connectivity index (χ4v) is 5.04. The topological polar surface area (TPSA) is 121 Å². The number of ether oxygens (including phenoxy) is 1. The molecule has 1 saturated heterocycles. The van der Waals surface area contributed by atoms with E-state index in [9.17, 15) is 9.59 Å². The van der Waals surface area contributed by atoms with Crippen molar-refractivity contribution in [3.63, 3.8) is 0 Å². The summed E-state index contributed by atoms with van der Waals surface area (Å²) in [6.07, 6.45) is 4.75. The smallest absolute Gasteiger partial charge is 0.302 e. The number of nitrogens with two attached hydrogens (primary N) is 1. The van der Waals surface area contributed by atoms with Gasteiger partial charge in [-0.15, -0.1) is 0 Å². The van der Waals surface area contributed by atoms with Gasteiger partial charge in [-0.25, -0.2) is 9.89 Å². The second-order valence-corrected chi connectivity index (χ2v) is 9.43. The molecule has 0 saturated carbocycles. The molecule has 3 aliphatic rings. The Morgan fingerprint density at radius 3 is 2.62 bits per heavy atom. The van der Waals surface area contributed by atoms with Gasteiger partial charge in [0.25, 0.3) is 5.91 Å². The van der Waals surface area contributed by atoms with Crippen LogP contribution in [0.1, 0.15) is 28.8 Å². The van der Waals surface area contributed by atoms with Crippen LogP contribution >= 0.6 is 11.6 Å². The van der Waals surface area contributed by atoms with Gasteiger partial charge in [0.15, 0.2) is 0 Å². The van der Waals surface area contributed by atoms with E-state index in [1.165, 1.54) is 7.11 Å². The van der Waals surface area contributed by atoms with E-state index in [1.807, 2.05) is 18.2 Å². The highest BCUT2D eigenvalue weighted by molar-refractivity contribution is 6.37. The molecule has 1 fully saturated rings. The van der Waals surface area contributed by atoms with Crippen molar-refractivity contribution < 1.29 is 14.3 Å². The molecule has 2 amide bonds. The fourth-order valence-electron chi connectivity index (χ4n) is 4.84. The monoisotopic (exact) mass is 518 g/mol. The Kier molecular flexibility index (Phi) is 6.82. The lowest BCUT2D eigenvalue weighted by atomic mass is 9.81. The molecule has 4 N–H and O–H groups in total. The predicted octanol–water partition coefficient (Wildman–Crippen LogP) is 2.88. The van der Waals surface area contributed by atoms with Crippen molar-refractivity contribution in [2.24, 2.45) is 15.7 Å². The maximum absolute atomic E-state index is 13.6. The van der Waals surface area contributed by atoms with E-state index in [2.05, 4.69) is 32.8 Å². The first-order valence-electron chi connectivity index (χ1n) is 12.0. The largest absolute Gasteiger partial charge is 0.468 e. The third kappa shape index (κ3) is 4.75. The number of primary amides is 1. The Labute approximate surface area is 219 Å². The molecule has 0 radical (unpaired) electrons. The predicted molar refractivity (Wildman–Crippen MR) is 144 cm³/mol. The molecule has 2 aromatic rings. The maximum Gasteiger partial charge on any atom is 0.302 e. The van der Waals surface area contributed by atoms with Crippen molar-refractivity contribution in [3.05, 3.63) is 88.1 Å². The van der Waals surface area contributed by atoms with Gasteiger partial charge in [0, 0.05) is 22.9 Å². The minimum Gasteiger partial charge on any atom is -0.468 e. The number of amides is 2. The average molecular weight is 519 g/mol. The molecule has 0 unspecified atom stereocenters. The Morgan fingerprint density at radius 1 is 1.16 bits per heavy atom. The van der Waals surface area contributed by atoms with Gasteiger partial charge in [-0.05, 0) is 55.8 Å². The van der Waals surface area contributed by atoms with Gasteiger partial charge >= 0.3 is 6.02 Å². The molecule has 190 valence electrons. The Balaban J connectivity index is 1.49. The molecule has 5 rings (SSSR count). The Hall–Kier alpha value is -3.95. The number of piperidine rings is 1. The zero-order chi connectivity index (χ0) is 26.0. The van der Waals surface area contributed by atoms with E-state index in [0.29, 0.717) is 33.3 Å². The highest BCUT2D eigenvalue weighted by Gasteiger charge is 2.36. The standard InChI is InChI=1S/C27H27ClN6O3/c1-37-26-32-16-19-13-18(23(29)35)15-31-24(19)34(26)22-14-17(7-8-21(22)28)25(36)33-27(9-11-30-12-10-27)20-5-3-2-4-6-20/h2-8,13-14,16,30H,9-12,15H2,1H3,(H2,29,35)(H,33,36). The number of aliphatic imine (C=N–C) groups is 2. The number of hydrogen-bond acceptors (Lipinski definition) is 7. The van der Waals surface area contributed by atoms with Crippen LogP contribution in [0, 0.1) is 0 Å². The van der Waals surface area contributed by atoms with E-state index in [0.717, 1.165) is 31.5 Å². The van der Waals surface area contributed by atoms with Crippen LogP contribution in [0.4, 0.5) is 5.69 Å². The number of halogens is 1. The third-order valence-corrected chi connectivity index (χ3v) is 7.11. The van der Waals surface area contributed by atoms with E-state index in [-0.39, 0.29) is 18.5 Å². The fraction of sp³-hybridized carbons (Fsp3) is 0.259. The van der Waals surface area contributed by atoms with E-state index >= 15 is 0 Å². The van der Waals surface area contributed by atoms with Crippen molar-refractivity contribution in [3.8, 4) is 0 Å². The number of fused-ring (bicyclic) bond motifs is 1. The number of nitrogens with one attached hydrogen (secondary N) is 2. The molecule has 10 heteroatoms. The van der Waals surface area contributed by atoms with Crippen molar-refractivity contribution in [1.29, 1.82) is 0 Å². The zero-order valence-corrected chi connectivity index (χ0v) is 21.1. The van der Waals surface area contributed by atoms with Crippen molar-refractivity contribution in [1.82, 2.24) is 10.6 Å². The number of rotatable bonds is 5. The summed E-state index contributed by atoms with van der Waals surface area (Å²) >= 11 is 6.63.